The van der Waals surface area contributed by atoms with E-state index >= 15 is 0 Å². The molecule has 0 saturated carbocycles. The summed E-state index contributed by atoms with van der Waals surface area (Å²) in [4.78, 5) is 0. The van der Waals surface area contributed by atoms with Crippen LogP contribution in [0.4, 0.5) is 0 Å². The Labute approximate surface area is 140 Å². The first-order chi connectivity index (χ1) is 10.6. The number of hydrogen-bond acceptors (Lipinski definition) is 3. The summed E-state index contributed by atoms with van der Waals surface area (Å²) in [5.74, 6) is 1.42. The Morgan fingerprint density at radius 2 is 1.73 bits per heavy atom. The van der Waals surface area contributed by atoms with Gasteiger partial charge in [0.2, 0.25) is 0 Å². The van der Waals surface area contributed by atoms with Crippen molar-refractivity contribution in [3.05, 3.63) is 57.6 Å². The number of aryl methyl sites for hydroxylation is 1. The van der Waals surface area contributed by atoms with Gasteiger partial charge in [-0.15, -0.1) is 0 Å². The smallest absolute Gasteiger partial charge is 0.161 e. The van der Waals surface area contributed by atoms with Gasteiger partial charge in [-0.3, -0.25) is 0 Å². The summed E-state index contributed by atoms with van der Waals surface area (Å²) in [5.41, 5.74) is 7.67. The molecule has 2 aromatic carbocycles. The van der Waals surface area contributed by atoms with Crippen molar-refractivity contribution >= 4 is 23.2 Å². The van der Waals surface area contributed by atoms with E-state index in [2.05, 4.69) is 0 Å². The van der Waals surface area contributed by atoms with Gasteiger partial charge in [-0.2, -0.15) is 0 Å². The summed E-state index contributed by atoms with van der Waals surface area (Å²) in [6.45, 7) is 1.08. The van der Waals surface area contributed by atoms with Gasteiger partial charge in [0.25, 0.3) is 0 Å². The van der Waals surface area contributed by atoms with E-state index in [1.54, 1.807) is 19.2 Å². The Kier molecular flexibility index (Phi) is 6.37. The summed E-state index contributed by atoms with van der Waals surface area (Å²) in [7, 11) is 1.63. The number of methoxy groups -OCH3 is 1. The van der Waals surface area contributed by atoms with E-state index in [9.17, 15) is 0 Å². The second-order valence-corrected chi connectivity index (χ2v) is 5.73. The van der Waals surface area contributed by atoms with Crippen LogP contribution >= 0.6 is 23.2 Å². The quantitative estimate of drug-likeness (QED) is 0.809. The average Bonchev–Trinajstić information content (AvgIpc) is 2.54. The lowest BCUT2D eigenvalue weighted by Crippen LogP contribution is -2.01. The van der Waals surface area contributed by atoms with Gasteiger partial charge in [0.1, 0.15) is 6.61 Å². The molecule has 0 aliphatic carbocycles. The molecule has 0 aliphatic rings. The minimum absolute atomic E-state index is 0.398. The first-order valence-corrected chi connectivity index (χ1v) is 7.83. The third kappa shape index (κ3) is 4.54. The van der Waals surface area contributed by atoms with E-state index in [1.807, 2.05) is 24.3 Å². The van der Waals surface area contributed by atoms with E-state index in [0.717, 1.165) is 24.2 Å². The largest absolute Gasteiger partial charge is 0.493 e. The lowest BCUT2D eigenvalue weighted by molar-refractivity contribution is 0.284. The fourth-order valence-electron chi connectivity index (χ4n) is 2.08. The van der Waals surface area contributed by atoms with Crippen molar-refractivity contribution in [2.75, 3.05) is 13.7 Å². The van der Waals surface area contributed by atoms with Crippen LogP contribution in [0.1, 0.15) is 17.5 Å². The van der Waals surface area contributed by atoms with E-state index in [0.29, 0.717) is 28.9 Å². The van der Waals surface area contributed by atoms with Crippen molar-refractivity contribution in [3.63, 3.8) is 0 Å². The highest BCUT2D eigenvalue weighted by molar-refractivity contribution is 6.42. The van der Waals surface area contributed by atoms with Crippen LogP contribution in [0.15, 0.2) is 36.4 Å². The number of ether oxygens (including phenoxy) is 2. The molecular formula is C17H19Cl2NO2. The molecule has 0 spiro atoms. The normalized spacial score (nSPS) is 10.5. The van der Waals surface area contributed by atoms with E-state index in [1.165, 1.54) is 5.56 Å². The Bertz CT molecular complexity index is 632. The molecule has 0 saturated heterocycles. The molecule has 2 N–H and O–H groups in total. The molecule has 0 amide bonds. The topological polar surface area (TPSA) is 44.5 Å². The molecule has 0 aliphatic heterocycles. The Morgan fingerprint density at radius 3 is 2.41 bits per heavy atom. The highest BCUT2D eigenvalue weighted by atomic mass is 35.5. The molecule has 3 nitrogen and oxygen atoms in total. The molecule has 2 rings (SSSR count). The fourth-order valence-corrected chi connectivity index (χ4v) is 2.40. The third-order valence-corrected chi connectivity index (χ3v) is 4.01. The first kappa shape index (κ1) is 16.9. The fraction of sp³-hybridized carbons (Fsp3) is 0.294. The van der Waals surface area contributed by atoms with Gasteiger partial charge in [0.15, 0.2) is 11.5 Å². The monoisotopic (exact) mass is 339 g/mol. The van der Waals surface area contributed by atoms with Crippen LogP contribution in [0.5, 0.6) is 11.5 Å². The number of hydrogen-bond donors (Lipinski definition) is 1. The molecule has 0 heterocycles. The summed E-state index contributed by atoms with van der Waals surface area (Å²) in [5, 5.41) is 1.05. The van der Waals surface area contributed by atoms with E-state index in [-0.39, 0.29) is 0 Å². The minimum Gasteiger partial charge on any atom is -0.493 e. The van der Waals surface area contributed by atoms with Crippen LogP contribution < -0.4 is 15.2 Å². The molecule has 0 radical (unpaired) electrons. The Morgan fingerprint density at radius 1 is 0.955 bits per heavy atom. The SMILES string of the molecule is COc1cc(CCCN)ccc1OCc1ccc(Cl)c(Cl)c1. The van der Waals surface area contributed by atoms with Gasteiger partial charge < -0.3 is 15.2 Å². The van der Waals surface area contributed by atoms with Crippen molar-refractivity contribution in [1.82, 2.24) is 0 Å². The molecule has 5 heteroatoms. The zero-order chi connectivity index (χ0) is 15.9. The van der Waals surface area contributed by atoms with Crippen LogP contribution in [-0.4, -0.2) is 13.7 Å². The molecule has 118 valence electrons. The highest BCUT2D eigenvalue weighted by Gasteiger charge is 2.07. The standard InChI is InChI=1S/C17H19Cl2NO2/c1-21-17-10-12(3-2-8-20)5-7-16(17)22-11-13-4-6-14(18)15(19)9-13/h4-7,9-10H,2-3,8,11,20H2,1H3. The average molecular weight is 340 g/mol. The van der Waals surface area contributed by atoms with Crippen LogP contribution in [0.2, 0.25) is 10.0 Å². The molecule has 0 aromatic heterocycles. The predicted molar refractivity (Wildman–Crippen MR) is 91.2 cm³/mol. The molecule has 0 atom stereocenters. The van der Waals surface area contributed by atoms with Crippen molar-refractivity contribution in [2.45, 2.75) is 19.4 Å². The summed E-state index contributed by atoms with van der Waals surface area (Å²) >= 11 is 11.9. The van der Waals surface area contributed by atoms with Gasteiger partial charge >= 0.3 is 0 Å². The first-order valence-electron chi connectivity index (χ1n) is 7.07. The van der Waals surface area contributed by atoms with Crippen molar-refractivity contribution in [2.24, 2.45) is 5.73 Å². The van der Waals surface area contributed by atoms with Crippen LogP contribution in [-0.2, 0) is 13.0 Å². The molecule has 0 bridgehead atoms. The van der Waals surface area contributed by atoms with Gasteiger partial charge in [-0.25, -0.2) is 0 Å². The van der Waals surface area contributed by atoms with E-state index < -0.39 is 0 Å². The number of benzene rings is 2. The van der Waals surface area contributed by atoms with Crippen molar-refractivity contribution < 1.29 is 9.47 Å². The van der Waals surface area contributed by atoms with Gasteiger partial charge in [0.05, 0.1) is 17.2 Å². The van der Waals surface area contributed by atoms with Crippen LogP contribution in [0, 0.1) is 0 Å². The lowest BCUT2D eigenvalue weighted by Gasteiger charge is -2.12. The van der Waals surface area contributed by atoms with Gasteiger partial charge in [-0.05, 0) is 54.8 Å². The minimum atomic E-state index is 0.398. The summed E-state index contributed by atoms with van der Waals surface area (Å²) < 4.78 is 11.2. The maximum atomic E-state index is 6.00. The molecular weight excluding hydrogens is 321 g/mol. The molecule has 0 unspecified atom stereocenters. The molecule has 0 fully saturated rings. The zero-order valence-corrected chi connectivity index (χ0v) is 14.0. The third-order valence-electron chi connectivity index (χ3n) is 3.28. The lowest BCUT2D eigenvalue weighted by atomic mass is 10.1. The maximum Gasteiger partial charge on any atom is 0.161 e. The second-order valence-electron chi connectivity index (χ2n) is 4.91. The predicted octanol–water partition coefficient (Wildman–Crippen LogP) is 4.47. The summed E-state index contributed by atoms with van der Waals surface area (Å²) in [6, 6.07) is 11.4. The number of nitrogens with two attached hydrogens (primary N) is 1. The van der Waals surface area contributed by atoms with Crippen LogP contribution in [0.25, 0.3) is 0 Å². The molecule has 2 aromatic rings. The zero-order valence-electron chi connectivity index (χ0n) is 12.4. The van der Waals surface area contributed by atoms with Gasteiger partial charge in [0, 0.05) is 0 Å². The van der Waals surface area contributed by atoms with Gasteiger partial charge in [-0.1, -0.05) is 35.3 Å². The maximum absolute atomic E-state index is 6.00. The van der Waals surface area contributed by atoms with Crippen LogP contribution in [0.3, 0.4) is 0 Å². The number of rotatable bonds is 7. The number of halogens is 2. The highest BCUT2D eigenvalue weighted by Crippen LogP contribution is 2.30. The Hall–Kier alpha value is -1.42. The summed E-state index contributed by atoms with van der Waals surface area (Å²) in [6.07, 6.45) is 1.88. The van der Waals surface area contributed by atoms with Crippen molar-refractivity contribution in [3.8, 4) is 11.5 Å². The molecule has 22 heavy (non-hydrogen) atoms. The second kappa shape index (κ2) is 8.28. The van der Waals surface area contributed by atoms with Crippen molar-refractivity contribution in [1.29, 1.82) is 0 Å². The van der Waals surface area contributed by atoms with E-state index in [4.69, 9.17) is 38.4 Å². The Balaban J connectivity index is 2.06.